The van der Waals surface area contributed by atoms with Crippen molar-refractivity contribution >= 4 is 57.6 Å². The van der Waals surface area contributed by atoms with Crippen LogP contribution in [0.3, 0.4) is 0 Å². The molecule has 2 aliphatic rings. The molecule has 0 spiro atoms. The van der Waals surface area contributed by atoms with Crippen LogP contribution < -0.4 is 19.3 Å². The summed E-state index contributed by atoms with van der Waals surface area (Å²) in [4.78, 5) is 51.1. The molecule has 2 aromatic heterocycles. The second-order valence-corrected chi connectivity index (χ2v) is 20.3. The zero-order valence-electron chi connectivity index (χ0n) is 41.2. The van der Waals surface area contributed by atoms with E-state index in [1.54, 1.807) is 77.5 Å². The number of thiazole rings is 1. The molecule has 0 unspecified atom stereocenters. The highest BCUT2D eigenvalue weighted by atomic mass is 32.1. The van der Waals surface area contributed by atoms with Crippen LogP contribution in [0.4, 0.5) is 24.5 Å². The summed E-state index contributed by atoms with van der Waals surface area (Å²) in [6, 6.07) is 18.4. The maximum absolute atomic E-state index is 14.2. The SMILES string of the molecule is Cc1ncsc1-c1ccc([C@H](C)CC(=O)[C@@H]2C[C@@H](O)CN2C(=O)[C@H](C(C)C)n2cc(OCCCOCCCCCOc3ccc(N4C(=S)N(c5ccc(C#N)c(C(F)(F)F)c5)C(=O)C4(C)C)cc3)cn2)cc1. The van der Waals surface area contributed by atoms with Crippen molar-refractivity contribution in [1.82, 2.24) is 19.7 Å². The van der Waals surface area contributed by atoms with Crippen LogP contribution in [0.2, 0.25) is 0 Å². The standard InChI is InChI=1S/C53H60F3N7O7S2/c1-33(2)47(49(66)60-30-41(64)27-45(60)46(65)25-34(3)36-11-13-37(14-12-36)48-35(4)58-32-72-48)61-31-43(29-59-61)70-24-10-22-68-21-8-7-9-23-69-42-19-17-39(18-20-42)63-51(71)62(50(67)52(63,5)6)40-16-15-38(28-57)44(26-40)53(54,55)56/h11-20,26,29,31-34,41,45,47,64H,7-10,21-25,27,30H2,1-6H3/t34-,41-,45+,47+/m1/s1. The van der Waals surface area contributed by atoms with E-state index in [0.29, 0.717) is 50.0 Å². The summed E-state index contributed by atoms with van der Waals surface area (Å²) in [5, 5.41) is 24.4. The van der Waals surface area contributed by atoms with E-state index in [2.05, 4.69) is 22.2 Å². The van der Waals surface area contributed by atoms with Gasteiger partial charge >= 0.3 is 6.18 Å². The zero-order chi connectivity index (χ0) is 51.9. The molecule has 2 saturated heterocycles. The number of carbonyl (C=O) groups excluding carboxylic acids is 3. The molecule has 2 fully saturated rings. The number of carbonyl (C=O) groups is 3. The molecule has 0 aliphatic carbocycles. The highest BCUT2D eigenvalue weighted by molar-refractivity contribution is 7.81. The molecule has 19 heteroatoms. The number of rotatable bonds is 22. The number of β-amino-alcohol motifs (C(OH)–C–C–N with tert-alkyl or cyclic N) is 1. The van der Waals surface area contributed by atoms with Gasteiger partial charge in [-0.3, -0.25) is 24.0 Å². The van der Waals surface area contributed by atoms with Crippen molar-refractivity contribution in [3.8, 4) is 28.0 Å². The summed E-state index contributed by atoms with van der Waals surface area (Å²) in [7, 11) is 0. The highest BCUT2D eigenvalue weighted by Crippen LogP contribution is 2.40. The van der Waals surface area contributed by atoms with Crippen molar-refractivity contribution in [3.63, 3.8) is 0 Å². The van der Waals surface area contributed by atoms with E-state index in [1.807, 2.05) is 45.3 Å². The lowest BCUT2D eigenvalue weighted by Crippen LogP contribution is -2.45. The number of anilines is 2. The quantitative estimate of drug-likeness (QED) is 0.0517. The summed E-state index contributed by atoms with van der Waals surface area (Å²) in [6.45, 7) is 13.1. The molecule has 2 amide bonds. The van der Waals surface area contributed by atoms with Crippen molar-refractivity contribution in [2.75, 3.05) is 42.8 Å². The number of thiocarbonyl (C=S) groups is 1. The lowest BCUT2D eigenvalue weighted by Gasteiger charge is -2.30. The molecule has 0 radical (unpaired) electrons. The Bertz CT molecular complexity index is 2750. The molecule has 2 aliphatic heterocycles. The first-order chi connectivity index (χ1) is 34.3. The Morgan fingerprint density at radius 3 is 2.28 bits per heavy atom. The number of halogens is 3. The van der Waals surface area contributed by atoms with E-state index < -0.39 is 46.9 Å². The number of hydrogen-bond acceptors (Lipinski definition) is 12. The van der Waals surface area contributed by atoms with Crippen molar-refractivity contribution in [2.45, 2.75) is 116 Å². The van der Waals surface area contributed by atoms with E-state index in [-0.39, 0.29) is 53.7 Å². The van der Waals surface area contributed by atoms with Gasteiger partial charge in [0.25, 0.3) is 5.91 Å². The third kappa shape index (κ3) is 12.2. The molecule has 3 aromatic carbocycles. The largest absolute Gasteiger partial charge is 0.494 e. The van der Waals surface area contributed by atoms with Crippen LogP contribution in [-0.4, -0.2) is 98.1 Å². The predicted molar refractivity (Wildman–Crippen MR) is 272 cm³/mol. The number of aliphatic hydroxyl groups excluding tert-OH is 1. The van der Waals surface area contributed by atoms with Crippen LogP contribution in [0.15, 0.2) is 84.6 Å². The van der Waals surface area contributed by atoms with Crippen LogP contribution >= 0.6 is 23.6 Å². The smallest absolute Gasteiger partial charge is 0.417 e. The number of nitrogens with zero attached hydrogens (tertiary/aromatic N) is 7. The Morgan fingerprint density at radius 1 is 0.944 bits per heavy atom. The minimum atomic E-state index is -4.79. The minimum absolute atomic E-state index is 0.0113. The van der Waals surface area contributed by atoms with Crippen LogP contribution in [-0.2, 0) is 25.3 Å². The number of unbranched alkanes of at least 4 members (excludes halogenated alkanes) is 2. The van der Waals surface area contributed by atoms with E-state index in [0.717, 1.165) is 58.0 Å². The molecule has 14 nitrogen and oxygen atoms in total. The molecule has 0 saturated carbocycles. The molecule has 7 rings (SSSR count). The van der Waals surface area contributed by atoms with E-state index in [4.69, 9.17) is 26.4 Å². The number of nitriles is 1. The first kappa shape index (κ1) is 53.6. The van der Waals surface area contributed by atoms with Crippen molar-refractivity contribution < 1.29 is 46.9 Å². The van der Waals surface area contributed by atoms with Gasteiger partial charge in [0.05, 0.1) is 76.7 Å². The molecular formula is C53H60F3N7O7S2. The number of hydrogen-bond donors (Lipinski definition) is 1. The number of amides is 2. The summed E-state index contributed by atoms with van der Waals surface area (Å²) in [5.74, 6) is 0.0383. The molecule has 0 bridgehead atoms. The number of benzene rings is 3. The maximum Gasteiger partial charge on any atom is 0.417 e. The number of likely N-dealkylation sites (tertiary alicyclic amines) is 1. The fourth-order valence-electron chi connectivity index (χ4n) is 9.16. The molecule has 4 atom stereocenters. The molecule has 4 heterocycles. The Morgan fingerprint density at radius 2 is 1.61 bits per heavy atom. The average molecular weight is 1030 g/mol. The zero-order valence-corrected chi connectivity index (χ0v) is 42.9. The number of ether oxygens (including phenoxy) is 3. The van der Waals surface area contributed by atoms with Gasteiger partial charge in [-0.25, -0.2) is 4.98 Å². The van der Waals surface area contributed by atoms with Gasteiger partial charge in [-0.15, -0.1) is 11.3 Å². The summed E-state index contributed by atoms with van der Waals surface area (Å²) in [5.41, 5.74) is 2.51. The summed E-state index contributed by atoms with van der Waals surface area (Å²) >= 11 is 7.23. The van der Waals surface area contributed by atoms with Crippen molar-refractivity contribution in [1.29, 1.82) is 5.26 Å². The Hall–Kier alpha value is -6.20. The van der Waals surface area contributed by atoms with Gasteiger partial charge in [0.1, 0.15) is 17.3 Å². The molecule has 5 aromatic rings. The summed E-state index contributed by atoms with van der Waals surface area (Å²) < 4.78 is 60.5. The number of aliphatic hydroxyl groups is 1. The maximum atomic E-state index is 14.2. The number of aryl methyl sites for hydroxylation is 1. The first-order valence-corrected chi connectivity index (χ1v) is 25.4. The van der Waals surface area contributed by atoms with Crippen LogP contribution in [0.25, 0.3) is 10.4 Å². The third-order valence-corrected chi connectivity index (χ3v) is 14.4. The van der Waals surface area contributed by atoms with Gasteiger partial charge in [-0.05, 0) is 118 Å². The van der Waals surface area contributed by atoms with Crippen molar-refractivity contribution in [3.05, 3.63) is 107 Å². The second kappa shape index (κ2) is 23.1. The van der Waals surface area contributed by atoms with E-state index >= 15 is 0 Å². The molecule has 72 heavy (non-hydrogen) atoms. The van der Waals surface area contributed by atoms with Gasteiger partial charge in [-0.2, -0.15) is 23.5 Å². The number of ketones is 1. The van der Waals surface area contributed by atoms with E-state index in [1.165, 1.54) is 11.0 Å². The number of aromatic nitrogens is 3. The number of alkyl halides is 3. The normalized spacial score (nSPS) is 17.7. The molecular weight excluding hydrogens is 968 g/mol. The van der Waals surface area contributed by atoms with Crippen LogP contribution in [0.1, 0.15) is 107 Å². The lowest BCUT2D eigenvalue weighted by molar-refractivity contribution is -0.142. The van der Waals surface area contributed by atoms with Crippen LogP contribution in [0, 0.1) is 24.2 Å². The highest BCUT2D eigenvalue weighted by Gasteiger charge is 2.51. The van der Waals surface area contributed by atoms with Gasteiger partial charge in [0, 0.05) is 44.7 Å². The fraction of sp³-hybridized carbons (Fsp3) is 0.453. The second-order valence-electron chi connectivity index (χ2n) is 19.1. The first-order valence-electron chi connectivity index (χ1n) is 24.1. The summed E-state index contributed by atoms with van der Waals surface area (Å²) in [6.07, 6.45) is 1.25. The Balaban J connectivity index is 0.796. The van der Waals surface area contributed by atoms with Gasteiger partial charge in [0.15, 0.2) is 16.6 Å². The predicted octanol–water partition coefficient (Wildman–Crippen LogP) is 10.1. The van der Waals surface area contributed by atoms with Gasteiger partial charge in [-0.1, -0.05) is 45.0 Å². The van der Waals surface area contributed by atoms with Gasteiger partial charge < -0.3 is 29.1 Å². The number of Topliss-reactive ketones (excluding diaryl/α,β-unsaturated/α-hetero) is 1. The topological polar surface area (TPSA) is 163 Å². The molecule has 1 N–H and O–H groups in total. The third-order valence-electron chi connectivity index (χ3n) is 13.0. The minimum Gasteiger partial charge on any atom is -0.494 e. The molecule has 382 valence electrons. The monoisotopic (exact) mass is 1030 g/mol. The van der Waals surface area contributed by atoms with Gasteiger partial charge in [0.2, 0.25) is 5.91 Å². The van der Waals surface area contributed by atoms with E-state index in [9.17, 15) is 37.9 Å². The van der Waals surface area contributed by atoms with Crippen LogP contribution in [0.5, 0.6) is 11.5 Å². The Labute approximate surface area is 427 Å². The lowest BCUT2D eigenvalue weighted by atomic mass is 9.91. The Kier molecular flexibility index (Phi) is 17.2. The van der Waals surface area contributed by atoms with Crippen molar-refractivity contribution in [2.24, 2.45) is 5.92 Å². The average Bonchev–Trinajstić information content (AvgIpc) is 4.13. The fourth-order valence-corrected chi connectivity index (χ4v) is 10.5.